The van der Waals surface area contributed by atoms with E-state index in [1.807, 2.05) is 42.5 Å². The van der Waals surface area contributed by atoms with Crippen molar-refractivity contribution >= 4 is 21.6 Å². The molecule has 0 unspecified atom stereocenters. The zero-order valence-electron chi connectivity index (χ0n) is 11.9. The molecule has 2 rings (SSSR count). The summed E-state index contributed by atoms with van der Waals surface area (Å²) in [6, 6.07) is 13.8. The Labute approximate surface area is 133 Å². The standard InChI is InChI=1S/C17H18BrNO2/c1-3-10-21-14-6-4-13(5-7-14)12-19-17-11-15(20-2)8-9-16(17)18/h3-9,11,19H,1,10,12H2,2H3. The molecular weight excluding hydrogens is 330 g/mol. The number of benzene rings is 2. The number of rotatable bonds is 7. The van der Waals surface area contributed by atoms with Crippen molar-refractivity contribution in [1.82, 2.24) is 0 Å². The van der Waals surface area contributed by atoms with Crippen molar-refractivity contribution < 1.29 is 9.47 Å². The Bertz CT molecular complexity index is 596. The van der Waals surface area contributed by atoms with Crippen molar-refractivity contribution in [3.63, 3.8) is 0 Å². The smallest absolute Gasteiger partial charge is 0.121 e. The molecule has 0 aliphatic heterocycles. The Morgan fingerprint density at radius 2 is 1.86 bits per heavy atom. The molecular formula is C17H18BrNO2. The quantitative estimate of drug-likeness (QED) is 0.740. The first-order chi connectivity index (χ1) is 10.2. The average molecular weight is 348 g/mol. The molecule has 1 N–H and O–H groups in total. The van der Waals surface area contributed by atoms with Gasteiger partial charge in [-0.3, -0.25) is 0 Å². The molecule has 0 fully saturated rings. The van der Waals surface area contributed by atoms with Gasteiger partial charge in [0.2, 0.25) is 0 Å². The Balaban J connectivity index is 1.97. The van der Waals surface area contributed by atoms with Crippen molar-refractivity contribution in [3.8, 4) is 11.5 Å². The molecule has 4 heteroatoms. The van der Waals surface area contributed by atoms with Crippen LogP contribution in [0.5, 0.6) is 11.5 Å². The summed E-state index contributed by atoms with van der Waals surface area (Å²) in [5.74, 6) is 1.68. The summed E-state index contributed by atoms with van der Waals surface area (Å²) in [6.45, 7) is 4.88. The molecule has 0 saturated carbocycles. The number of hydrogen-bond acceptors (Lipinski definition) is 3. The largest absolute Gasteiger partial charge is 0.497 e. The predicted molar refractivity (Wildman–Crippen MR) is 90.2 cm³/mol. The summed E-state index contributed by atoms with van der Waals surface area (Å²) >= 11 is 3.53. The maximum absolute atomic E-state index is 5.46. The fraction of sp³-hybridized carbons (Fsp3) is 0.176. The lowest BCUT2D eigenvalue weighted by molar-refractivity contribution is 0.363. The first-order valence-electron chi connectivity index (χ1n) is 6.63. The summed E-state index contributed by atoms with van der Waals surface area (Å²) < 4.78 is 11.7. The molecule has 2 aromatic rings. The minimum Gasteiger partial charge on any atom is -0.497 e. The first kappa shape index (κ1) is 15.4. The minimum atomic E-state index is 0.522. The molecule has 0 heterocycles. The molecule has 0 radical (unpaired) electrons. The summed E-state index contributed by atoms with van der Waals surface area (Å²) in [6.07, 6.45) is 1.73. The van der Waals surface area contributed by atoms with Crippen LogP contribution in [0.1, 0.15) is 5.56 Å². The van der Waals surface area contributed by atoms with E-state index < -0.39 is 0 Å². The molecule has 21 heavy (non-hydrogen) atoms. The monoisotopic (exact) mass is 347 g/mol. The van der Waals surface area contributed by atoms with Gasteiger partial charge in [-0.25, -0.2) is 0 Å². The summed E-state index contributed by atoms with van der Waals surface area (Å²) in [5.41, 5.74) is 2.18. The van der Waals surface area contributed by atoms with E-state index in [0.717, 1.165) is 28.2 Å². The number of methoxy groups -OCH3 is 1. The molecule has 0 aliphatic rings. The lowest BCUT2D eigenvalue weighted by Crippen LogP contribution is -2.01. The van der Waals surface area contributed by atoms with Gasteiger partial charge in [0, 0.05) is 17.1 Å². The molecule has 0 bridgehead atoms. The van der Waals surface area contributed by atoms with Crippen LogP contribution in [0.4, 0.5) is 5.69 Å². The van der Waals surface area contributed by atoms with Crippen LogP contribution in [-0.4, -0.2) is 13.7 Å². The van der Waals surface area contributed by atoms with Gasteiger partial charge in [-0.2, -0.15) is 0 Å². The van der Waals surface area contributed by atoms with Gasteiger partial charge in [0.1, 0.15) is 18.1 Å². The third-order valence-corrected chi connectivity index (χ3v) is 3.64. The highest BCUT2D eigenvalue weighted by atomic mass is 79.9. The molecule has 0 amide bonds. The van der Waals surface area contributed by atoms with E-state index in [9.17, 15) is 0 Å². The van der Waals surface area contributed by atoms with E-state index in [1.54, 1.807) is 13.2 Å². The van der Waals surface area contributed by atoms with Gasteiger partial charge in [-0.05, 0) is 45.8 Å². The van der Waals surface area contributed by atoms with Gasteiger partial charge in [0.15, 0.2) is 0 Å². The fourth-order valence-electron chi connectivity index (χ4n) is 1.82. The molecule has 0 aliphatic carbocycles. The predicted octanol–water partition coefficient (Wildman–Crippen LogP) is 4.63. The second kappa shape index (κ2) is 7.74. The second-order valence-corrected chi connectivity index (χ2v) is 5.30. The fourth-order valence-corrected chi connectivity index (χ4v) is 2.21. The van der Waals surface area contributed by atoms with Gasteiger partial charge in [-0.1, -0.05) is 24.8 Å². The van der Waals surface area contributed by atoms with Crippen LogP contribution in [0.2, 0.25) is 0 Å². The highest BCUT2D eigenvalue weighted by molar-refractivity contribution is 9.10. The van der Waals surface area contributed by atoms with Crippen molar-refractivity contribution in [2.45, 2.75) is 6.54 Å². The molecule has 0 spiro atoms. The van der Waals surface area contributed by atoms with Gasteiger partial charge >= 0.3 is 0 Å². The Hall–Kier alpha value is -1.94. The molecule has 110 valence electrons. The van der Waals surface area contributed by atoms with Crippen molar-refractivity contribution in [2.24, 2.45) is 0 Å². The lowest BCUT2D eigenvalue weighted by Gasteiger charge is -2.11. The highest BCUT2D eigenvalue weighted by Gasteiger charge is 2.02. The van der Waals surface area contributed by atoms with Crippen molar-refractivity contribution in [3.05, 3.63) is 65.2 Å². The summed E-state index contributed by atoms with van der Waals surface area (Å²) in [5, 5.41) is 3.38. The third-order valence-electron chi connectivity index (χ3n) is 2.95. The second-order valence-electron chi connectivity index (χ2n) is 4.44. The molecule has 0 atom stereocenters. The van der Waals surface area contributed by atoms with Crippen LogP contribution in [0.25, 0.3) is 0 Å². The van der Waals surface area contributed by atoms with Crippen molar-refractivity contribution in [1.29, 1.82) is 0 Å². The summed E-state index contributed by atoms with van der Waals surface area (Å²) in [4.78, 5) is 0. The Kier molecular flexibility index (Phi) is 5.69. The highest BCUT2D eigenvalue weighted by Crippen LogP contribution is 2.27. The SMILES string of the molecule is C=CCOc1ccc(CNc2cc(OC)ccc2Br)cc1. The number of ether oxygens (including phenoxy) is 2. The van der Waals surface area contributed by atoms with E-state index in [4.69, 9.17) is 9.47 Å². The molecule has 3 nitrogen and oxygen atoms in total. The van der Waals surface area contributed by atoms with Crippen molar-refractivity contribution in [2.75, 3.05) is 19.0 Å². The molecule has 0 saturated heterocycles. The Morgan fingerprint density at radius 3 is 2.52 bits per heavy atom. The minimum absolute atomic E-state index is 0.522. The average Bonchev–Trinajstić information content (AvgIpc) is 2.53. The van der Waals surface area contributed by atoms with Crippen LogP contribution in [0.3, 0.4) is 0 Å². The van der Waals surface area contributed by atoms with E-state index in [-0.39, 0.29) is 0 Å². The van der Waals surface area contributed by atoms with E-state index in [0.29, 0.717) is 6.61 Å². The van der Waals surface area contributed by atoms with Gasteiger partial charge in [0.05, 0.1) is 12.8 Å². The summed E-state index contributed by atoms with van der Waals surface area (Å²) in [7, 11) is 1.66. The topological polar surface area (TPSA) is 30.5 Å². The maximum atomic E-state index is 5.46. The van der Waals surface area contributed by atoms with Gasteiger partial charge in [-0.15, -0.1) is 0 Å². The normalized spacial score (nSPS) is 10.0. The van der Waals surface area contributed by atoms with E-state index in [1.165, 1.54) is 5.56 Å². The zero-order chi connectivity index (χ0) is 15.1. The Morgan fingerprint density at radius 1 is 1.14 bits per heavy atom. The van der Waals surface area contributed by atoms with E-state index in [2.05, 4.69) is 27.8 Å². The first-order valence-corrected chi connectivity index (χ1v) is 7.42. The zero-order valence-corrected chi connectivity index (χ0v) is 13.5. The molecule has 0 aromatic heterocycles. The lowest BCUT2D eigenvalue weighted by atomic mass is 10.2. The number of halogens is 1. The number of anilines is 1. The maximum Gasteiger partial charge on any atom is 0.121 e. The van der Waals surface area contributed by atoms with Gasteiger partial charge < -0.3 is 14.8 Å². The van der Waals surface area contributed by atoms with Gasteiger partial charge in [0.25, 0.3) is 0 Å². The molecule has 2 aromatic carbocycles. The number of hydrogen-bond donors (Lipinski definition) is 1. The third kappa shape index (κ3) is 4.53. The van der Waals surface area contributed by atoms with E-state index >= 15 is 0 Å². The van der Waals surface area contributed by atoms with Crippen LogP contribution >= 0.6 is 15.9 Å². The number of nitrogens with one attached hydrogen (secondary N) is 1. The van der Waals surface area contributed by atoms with Crippen LogP contribution < -0.4 is 14.8 Å². The van der Waals surface area contributed by atoms with Crippen LogP contribution in [0, 0.1) is 0 Å². The van der Waals surface area contributed by atoms with Crippen LogP contribution in [-0.2, 0) is 6.54 Å². The van der Waals surface area contributed by atoms with Crippen LogP contribution in [0.15, 0.2) is 59.6 Å².